The van der Waals surface area contributed by atoms with E-state index in [2.05, 4.69) is 21.2 Å². The molecule has 6 nitrogen and oxygen atoms in total. The van der Waals surface area contributed by atoms with E-state index in [1.807, 2.05) is 18.2 Å². The number of halogens is 1. The van der Waals surface area contributed by atoms with Gasteiger partial charge in [0.15, 0.2) is 6.04 Å². The molecular weight excluding hydrogens is 438 g/mol. The molecule has 0 aliphatic carbocycles. The average molecular weight is 462 g/mol. The number of amides is 1. The molecule has 0 saturated heterocycles. The van der Waals surface area contributed by atoms with Crippen molar-refractivity contribution in [1.82, 2.24) is 5.32 Å². The molecule has 0 spiro atoms. The number of alkyl halides is 1. The molecule has 0 heterocycles. The van der Waals surface area contributed by atoms with Gasteiger partial charge in [0.05, 0.1) is 6.10 Å². The minimum absolute atomic E-state index is 0.380. The van der Waals surface area contributed by atoms with Crippen LogP contribution in [0.2, 0.25) is 0 Å². The molecule has 3 atom stereocenters. The van der Waals surface area contributed by atoms with E-state index in [1.54, 1.807) is 63.2 Å². The molecule has 154 valence electrons. The molecule has 1 N–H and O–H groups in total. The Bertz CT molecular complexity index is 826. The Hall–Kier alpha value is -2.67. The number of benzene rings is 2. The van der Waals surface area contributed by atoms with Gasteiger partial charge in [0.25, 0.3) is 5.91 Å². The van der Waals surface area contributed by atoms with Gasteiger partial charge in [-0.25, -0.2) is 4.79 Å². The molecule has 0 saturated carbocycles. The summed E-state index contributed by atoms with van der Waals surface area (Å²) in [6, 6.07) is 16.3. The van der Waals surface area contributed by atoms with Crippen molar-refractivity contribution in [1.29, 1.82) is 0 Å². The van der Waals surface area contributed by atoms with Gasteiger partial charge in [-0.2, -0.15) is 0 Å². The highest BCUT2D eigenvalue weighted by atomic mass is 79.9. The van der Waals surface area contributed by atoms with Crippen LogP contribution in [0.1, 0.15) is 41.5 Å². The first-order valence-electron chi connectivity index (χ1n) is 9.25. The Morgan fingerprint density at radius 3 is 1.93 bits per heavy atom. The Morgan fingerprint density at radius 2 is 1.38 bits per heavy atom. The lowest BCUT2D eigenvalue weighted by atomic mass is 10.1. The first-order chi connectivity index (χ1) is 13.8. The average Bonchev–Trinajstić information content (AvgIpc) is 2.71. The molecule has 7 heteroatoms. The van der Waals surface area contributed by atoms with Crippen LogP contribution in [0.4, 0.5) is 0 Å². The van der Waals surface area contributed by atoms with Crippen molar-refractivity contribution in [3.8, 4) is 0 Å². The van der Waals surface area contributed by atoms with Crippen LogP contribution < -0.4 is 5.32 Å². The van der Waals surface area contributed by atoms with Crippen LogP contribution in [0, 0.1) is 0 Å². The summed E-state index contributed by atoms with van der Waals surface area (Å²) in [5, 5.41) is 2.62. The third-order valence-corrected chi connectivity index (χ3v) is 4.90. The van der Waals surface area contributed by atoms with Crippen molar-refractivity contribution in [2.24, 2.45) is 0 Å². The first kappa shape index (κ1) is 22.6. The van der Waals surface area contributed by atoms with E-state index in [0.29, 0.717) is 5.56 Å². The van der Waals surface area contributed by atoms with E-state index in [-0.39, 0.29) is 6.10 Å². The number of ether oxygens (including phenoxy) is 2. The van der Waals surface area contributed by atoms with Gasteiger partial charge in [-0.3, -0.25) is 9.59 Å². The summed E-state index contributed by atoms with van der Waals surface area (Å²) < 4.78 is 10.7. The summed E-state index contributed by atoms with van der Waals surface area (Å²) >= 11 is 3.32. The smallest absolute Gasteiger partial charge is 0.332 e. The molecule has 0 fully saturated rings. The molecule has 0 unspecified atom stereocenters. The molecule has 2 rings (SSSR count). The summed E-state index contributed by atoms with van der Waals surface area (Å²) in [6.45, 7) is 4.95. The van der Waals surface area contributed by atoms with Gasteiger partial charge in [-0.15, -0.1) is 0 Å². The van der Waals surface area contributed by atoms with E-state index >= 15 is 0 Å². The highest BCUT2D eigenvalue weighted by Gasteiger charge is 2.33. The Balaban J connectivity index is 2.13. The quantitative estimate of drug-likeness (QED) is 0.477. The van der Waals surface area contributed by atoms with Gasteiger partial charge >= 0.3 is 11.9 Å². The van der Waals surface area contributed by atoms with Gasteiger partial charge in [0.2, 0.25) is 0 Å². The molecule has 2 aromatic carbocycles. The predicted molar refractivity (Wildman–Crippen MR) is 113 cm³/mol. The molecule has 29 heavy (non-hydrogen) atoms. The fourth-order valence-electron chi connectivity index (χ4n) is 2.56. The van der Waals surface area contributed by atoms with Crippen LogP contribution in [0.25, 0.3) is 0 Å². The molecule has 2 aromatic rings. The van der Waals surface area contributed by atoms with Crippen LogP contribution in [-0.2, 0) is 19.1 Å². The maximum atomic E-state index is 12.5. The molecule has 0 aliphatic rings. The van der Waals surface area contributed by atoms with Gasteiger partial charge in [0.1, 0.15) is 10.9 Å². The maximum absolute atomic E-state index is 12.5. The molecule has 1 amide bonds. The minimum atomic E-state index is -1.15. The second kappa shape index (κ2) is 10.8. The SMILES string of the molecule is CC(C)OC(=O)[C@@H](NC(=O)c1ccccc1)[C@@H](C)OC(=O)[C@H](Br)c1ccccc1. The Kier molecular flexibility index (Phi) is 8.39. The zero-order chi connectivity index (χ0) is 21.4. The maximum Gasteiger partial charge on any atom is 0.332 e. The summed E-state index contributed by atoms with van der Waals surface area (Å²) in [7, 11) is 0. The van der Waals surface area contributed by atoms with Crippen LogP contribution >= 0.6 is 15.9 Å². The fourth-order valence-corrected chi connectivity index (χ4v) is 2.97. The normalized spacial score (nSPS) is 13.8. The van der Waals surface area contributed by atoms with Crippen molar-refractivity contribution in [3.05, 3.63) is 71.8 Å². The van der Waals surface area contributed by atoms with Gasteiger partial charge in [0, 0.05) is 5.56 Å². The third kappa shape index (κ3) is 6.71. The van der Waals surface area contributed by atoms with Gasteiger partial charge in [-0.05, 0) is 38.5 Å². The number of rotatable bonds is 8. The monoisotopic (exact) mass is 461 g/mol. The van der Waals surface area contributed by atoms with Crippen LogP contribution in [0.15, 0.2) is 60.7 Å². The second-order valence-corrected chi connectivity index (χ2v) is 7.63. The van der Waals surface area contributed by atoms with E-state index in [1.165, 1.54) is 0 Å². The highest BCUT2D eigenvalue weighted by Crippen LogP contribution is 2.25. The summed E-state index contributed by atoms with van der Waals surface area (Å²) in [4.78, 5) is 36.9. The van der Waals surface area contributed by atoms with Crippen molar-refractivity contribution in [2.45, 2.75) is 43.8 Å². The molecular formula is C22H24BrNO5. The van der Waals surface area contributed by atoms with E-state index in [9.17, 15) is 14.4 Å². The number of carbonyl (C=O) groups is 3. The Morgan fingerprint density at radius 1 is 0.828 bits per heavy atom. The summed E-state index contributed by atoms with van der Waals surface area (Å²) in [5.74, 6) is -1.70. The van der Waals surface area contributed by atoms with E-state index < -0.39 is 34.8 Å². The van der Waals surface area contributed by atoms with Gasteiger partial charge in [-0.1, -0.05) is 64.5 Å². The zero-order valence-electron chi connectivity index (χ0n) is 16.5. The first-order valence-corrected chi connectivity index (χ1v) is 10.2. The summed E-state index contributed by atoms with van der Waals surface area (Å²) in [6.07, 6.45) is -1.32. The van der Waals surface area contributed by atoms with E-state index in [0.717, 1.165) is 5.56 Å². The number of hydrogen-bond donors (Lipinski definition) is 1. The second-order valence-electron chi connectivity index (χ2n) is 6.72. The van der Waals surface area contributed by atoms with Crippen LogP contribution in [0.3, 0.4) is 0 Å². The predicted octanol–water partition coefficient (Wildman–Crippen LogP) is 3.80. The van der Waals surface area contributed by atoms with Crippen LogP contribution in [0.5, 0.6) is 0 Å². The van der Waals surface area contributed by atoms with Crippen molar-refractivity contribution >= 4 is 33.8 Å². The molecule has 0 aromatic heterocycles. The lowest BCUT2D eigenvalue weighted by Gasteiger charge is -2.25. The third-order valence-electron chi connectivity index (χ3n) is 4.00. The number of carbonyl (C=O) groups excluding carboxylic acids is 3. The number of hydrogen-bond acceptors (Lipinski definition) is 5. The van der Waals surface area contributed by atoms with Gasteiger partial charge < -0.3 is 14.8 Å². The molecule has 0 radical (unpaired) electrons. The number of esters is 2. The largest absolute Gasteiger partial charge is 0.461 e. The topological polar surface area (TPSA) is 81.7 Å². The molecule has 0 aliphatic heterocycles. The minimum Gasteiger partial charge on any atom is -0.461 e. The standard InChI is InChI=1S/C22H24BrNO5/c1-14(2)28-22(27)19(24-20(25)17-12-8-5-9-13-17)15(3)29-21(26)18(23)16-10-6-4-7-11-16/h4-15,18-19H,1-3H3,(H,24,25)/t15-,18-,19+/m1/s1. The van der Waals surface area contributed by atoms with E-state index in [4.69, 9.17) is 9.47 Å². The molecule has 0 bridgehead atoms. The zero-order valence-corrected chi connectivity index (χ0v) is 18.1. The Labute approximate surface area is 178 Å². The van der Waals surface area contributed by atoms with Crippen molar-refractivity contribution in [2.75, 3.05) is 0 Å². The van der Waals surface area contributed by atoms with Crippen molar-refractivity contribution in [3.63, 3.8) is 0 Å². The lowest BCUT2D eigenvalue weighted by Crippen LogP contribution is -2.50. The number of nitrogens with one attached hydrogen (secondary N) is 1. The van der Waals surface area contributed by atoms with Crippen LogP contribution in [-0.4, -0.2) is 36.1 Å². The summed E-state index contributed by atoms with van der Waals surface area (Å²) in [5.41, 5.74) is 1.11. The fraction of sp³-hybridized carbons (Fsp3) is 0.318. The highest BCUT2D eigenvalue weighted by molar-refractivity contribution is 9.09. The lowest BCUT2D eigenvalue weighted by molar-refractivity contribution is -0.159. The van der Waals surface area contributed by atoms with Crippen molar-refractivity contribution < 1.29 is 23.9 Å².